The van der Waals surface area contributed by atoms with E-state index in [4.69, 9.17) is 4.98 Å². The van der Waals surface area contributed by atoms with E-state index < -0.39 is 0 Å². The van der Waals surface area contributed by atoms with Gasteiger partial charge in [-0.15, -0.1) is 0 Å². The average molecular weight is 300 g/mol. The number of likely N-dealkylation sites (tertiary alicyclic amines) is 1. The largest absolute Gasteiger partial charge is 0.339 e. The SMILES string of the molecule is Cc1nn(C)c2nc(C(C)C)cc(C(=O)N3CCCCC3)c12. The molecule has 1 saturated heterocycles. The number of carbonyl (C=O) groups excluding carboxylic acids is 1. The highest BCUT2D eigenvalue weighted by Gasteiger charge is 2.24. The minimum atomic E-state index is 0.130. The third-order valence-electron chi connectivity index (χ3n) is 4.45. The number of hydrogen-bond donors (Lipinski definition) is 0. The van der Waals surface area contributed by atoms with Crippen LogP contribution < -0.4 is 0 Å². The van der Waals surface area contributed by atoms with Crippen LogP contribution in [0.3, 0.4) is 0 Å². The first-order valence-corrected chi connectivity index (χ1v) is 8.12. The van der Waals surface area contributed by atoms with Crippen molar-refractivity contribution >= 4 is 16.9 Å². The molecule has 0 radical (unpaired) electrons. The van der Waals surface area contributed by atoms with Crippen LogP contribution >= 0.6 is 0 Å². The molecule has 3 heterocycles. The van der Waals surface area contributed by atoms with Crippen molar-refractivity contribution in [3.8, 4) is 0 Å². The van der Waals surface area contributed by atoms with Gasteiger partial charge in [-0.1, -0.05) is 13.8 Å². The van der Waals surface area contributed by atoms with E-state index in [9.17, 15) is 4.79 Å². The molecule has 2 aromatic rings. The molecule has 0 aromatic carbocycles. The fourth-order valence-electron chi connectivity index (χ4n) is 3.20. The monoisotopic (exact) mass is 300 g/mol. The fraction of sp³-hybridized carbons (Fsp3) is 0.588. The predicted molar refractivity (Wildman–Crippen MR) is 87.1 cm³/mol. The molecule has 1 amide bonds. The molecular weight excluding hydrogens is 276 g/mol. The molecule has 118 valence electrons. The molecule has 2 aromatic heterocycles. The number of pyridine rings is 1. The number of hydrogen-bond acceptors (Lipinski definition) is 3. The fourth-order valence-corrected chi connectivity index (χ4v) is 3.20. The summed E-state index contributed by atoms with van der Waals surface area (Å²) in [5, 5.41) is 5.37. The van der Waals surface area contributed by atoms with Gasteiger partial charge in [0.1, 0.15) is 0 Å². The van der Waals surface area contributed by atoms with Gasteiger partial charge in [0.05, 0.1) is 16.6 Å². The van der Waals surface area contributed by atoms with E-state index in [1.54, 1.807) is 4.68 Å². The van der Waals surface area contributed by atoms with Gasteiger partial charge in [0.2, 0.25) is 0 Å². The predicted octanol–water partition coefficient (Wildman–Crippen LogP) is 3.03. The van der Waals surface area contributed by atoms with Crippen LogP contribution in [0.15, 0.2) is 6.07 Å². The maximum Gasteiger partial charge on any atom is 0.254 e. The molecule has 0 N–H and O–H groups in total. The van der Waals surface area contributed by atoms with E-state index in [0.717, 1.165) is 53.9 Å². The van der Waals surface area contributed by atoms with E-state index in [1.807, 2.05) is 24.9 Å². The minimum Gasteiger partial charge on any atom is -0.339 e. The Balaban J connectivity index is 2.15. The molecule has 0 bridgehead atoms. The van der Waals surface area contributed by atoms with Crippen molar-refractivity contribution in [3.05, 3.63) is 23.0 Å². The number of amides is 1. The second-order valence-corrected chi connectivity index (χ2v) is 6.51. The number of fused-ring (bicyclic) bond motifs is 1. The van der Waals surface area contributed by atoms with Crippen LogP contribution in [0.5, 0.6) is 0 Å². The van der Waals surface area contributed by atoms with Crippen LogP contribution in [0.4, 0.5) is 0 Å². The van der Waals surface area contributed by atoms with E-state index in [1.165, 1.54) is 6.42 Å². The highest BCUT2D eigenvalue weighted by atomic mass is 16.2. The van der Waals surface area contributed by atoms with Crippen molar-refractivity contribution in [2.75, 3.05) is 13.1 Å². The maximum absolute atomic E-state index is 13.0. The Hall–Kier alpha value is -1.91. The third kappa shape index (κ3) is 2.49. The maximum atomic E-state index is 13.0. The molecule has 3 rings (SSSR count). The topological polar surface area (TPSA) is 51.0 Å². The van der Waals surface area contributed by atoms with Gasteiger partial charge in [-0.2, -0.15) is 5.10 Å². The lowest BCUT2D eigenvalue weighted by molar-refractivity contribution is 0.0726. The molecule has 5 nitrogen and oxygen atoms in total. The Morgan fingerprint density at radius 1 is 1.23 bits per heavy atom. The Kier molecular flexibility index (Phi) is 3.89. The summed E-state index contributed by atoms with van der Waals surface area (Å²) in [5.41, 5.74) is 3.40. The first kappa shape index (κ1) is 15.0. The molecule has 1 aliphatic heterocycles. The number of piperidine rings is 1. The Morgan fingerprint density at radius 3 is 2.55 bits per heavy atom. The van der Waals surface area contributed by atoms with Crippen LogP contribution in [0.1, 0.15) is 60.8 Å². The first-order valence-electron chi connectivity index (χ1n) is 8.12. The minimum absolute atomic E-state index is 0.130. The van der Waals surface area contributed by atoms with Gasteiger partial charge in [-0.3, -0.25) is 9.48 Å². The second kappa shape index (κ2) is 5.71. The van der Waals surface area contributed by atoms with Crippen molar-refractivity contribution in [3.63, 3.8) is 0 Å². The van der Waals surface area contributed by atoms with Gasteiger partial charge in [0.15, 0.2) is 5.65 Å². The molecule has 0 saturated carbocycles. The summed E-state index contributed by atoms with van der Waals surface area (Å²) in [6, 6.07) is 1.97. The Labute approximate surface area is 131 Å². The average Bonchev–Trinajstić information content (AvgIpc) is 2.81. The molecular formula is C17H24N4O. The van der Waals surface area contributed by atoms with Gasteiger partial charge in [-0.05, 0) is 38.2 Å². The van der Waals surface area contributed by atoms with E-state index in [-0.39, 0.29) is 11.8 Å². The van der Waals surface area contributed by atoms with Crippen molar-refractivity contribution in [1.82, 2.24) is 19.7 Å². The summed E-state index contributed by atoms with van der Waals surface area (Å²) < 4.78 is 1.78. The summed E-state index contributed by atoms with van der Waals surface area (Å²) in [5.74, 6) is 0.414. The number of aryl methyl sites for hydroxylation is 2. The van der Waals surface area contributed by atoms with Crippen molar-refractivity contribution in [1.29, 1.82) is 0 Å². The van der Waals surface area contributed by atoms with Crippen molar-refractivity contribution < 1.29 is 4.79 Å². The molecule has 1 aliphatic rings. The zero-order valence-electron chi connectivity index (χ0n) is 13.9. The Morgan fingerprint density at radius 2 is 1.91 bits per heavy atom. The van der Waals surface area contributed by atoms with E-state index in [0.29, 0.717) is 0 Å². The lowest BCUT2D eigenvalue weighted by atomic mass is 10.0. The summed E-state index contributed by atoms with van der Waals surface area (Å²) in [6.45, 7) is 7.88. The van der Waals surface area contributed by atoms with Crippen LogP contribution in [-0.4, -0.2) is 38.7 Å². The van der Waals surface area contributed by atoms with Crippen LogP contribution in [0.25, 0.3) is 11.0 Å². The second-order valence-electron chi connectivity index (χ2n) is 6.51. The number of nitrogens with zero attached hydrogens (tertiary/aromatic N) is 4. The molecule has 0 spiro atoms. The van der Waals surface area contributed by atoms with Gasteiger partial charge < -0.3 is 4.90 Å². The van der Waals surface area contributed by atoms with Crippen molar-refractivity contribution in [2.24, 2.45) is 7.05 Å². The Bertz CT molecular complexity index is 711. The lowest BCUT2D eigenvalue weighted by Crippen LogP contribution is -2.35. The molecule has 22 heavy (non-hydrogen) atoms. The summed E-state index contributed by atoms with van der Waals surface area (Å²) in [4.78, 5) is 19.7. The lowest BCUT2D eigenvalue weighted by Gasteiger charge is -2.27. The molecule has 0 aliphatic carbocycles. The molecule has 5 heteroatoms. The van der Waals surface area contributed by atoms with Gasteiger partial charge >= 0.3 is 0 Å². The summed E-state index contributed by atoms with van der Waals surface area (Å²) >= 11 is 0. The number of aromatic nitrogens is 3. The van der Waals surface area contributed by atoms with Crippen LogP contribution in [-0.2, 0) is 7.05 Å². The van der Waals surface area contributed by atoms with Crippen LogP contribution in [0.2, 0.25) is 0 Å². The van der Waals surface area contributed by atoms with Crippen LogP contribution in [0, 0.1) is 6.92 Å². The quantitative estimate of drug-likeness (QED) is 0.856. The summed E-state index contributed by atoms with van der Waals surface area (Å²) in [7, 11) is 1.89. The number of rotatable bonds is 2. The number of carbonyl (C=O) groups is 1. The highest BCUT2D eigenvalue weighted by Crippen LogP contribution is 2.26. The summed E-state index contributed by atoms with van der Waals surface area (Å²) in [6.07, 6.45) is 3.42. The highest BCUT2D eigenvalue weighted by molar-refractivity contribution is 6.06. The zero-order chi connectivity index (χ0) is 15.9. The molecule has 1 fully saturated rings. The molecule has 0 atom stereocenters. The first-order chi connectivity index (χ1) is 10.5. The van der Waals surface area contributed by atoms with E-state index >= 15 is 0 Å². The van der Waals surface area contributed by atoms with Gasteiger partial charge in [-0.25, -0.2) is 4.98 Å². The van der Waals surface area contributed by atoms with Crippen molar-refractivity contribution in [2.45, 2.75) is 46.0 Å². The molecule has 0 unspecified atom stereocenters. The van der Waals surface area contributed by atoms with E-state index in [2.05, 4.69) is 18.9 Å². The van der Waals surface area contributed by atoms with Gasteiger partial charge in [0.25, 0.3) is 5.91 Å². The zero-order valence-corrected chi connectivity index (χ0v) is 13.9. The standard InChI is InChI=1S/C17H24N4O/c1-11(2)14-10-13(17(22)21-8-6-5-7-9-21)15-12(3)19-20(4)16(15)18-14/h10-11H,5-9H2,1-4H3. The van der Waals surface area contributed by atoms with Gasteiger partial charge in [0, 0.05) is 25.8 Å². The smallest absolute Gasteiger partial charge is 0.254 e. The third-order valence-corrected chi connectivity index (χ3v) is 4.45. The normalized spacial score (nSPS) is 15.8.